The molecule has 0 bridgehead atoms. The highest BCUT2D eigenvalue weighted by Gasteiger charge is 2.31. The van der Waals surface area contributed by atoms with E-state index in [-0.39, 0.29) is 10.9 Å². The molecule has 0 radical (unpaired) electrons. The maximum Gasteiger partial charge on any atom is 0.182 e. The molecule has 2 aromatic heterocycles. The van der Waals surface area contributed by atoms with Crippen molar-refractivity contribution in [3.8, 4) is 0 Å². The minimum Gasteiger partial charge on any atom is -0.371 e. The van der Waals surface area contributed by atoms with Crippen LogP contribution in [0.25, 0.3) is 0 Å². The lowest BCUT2D eigenvalue weighted by Gasteiger charge is -2.26. The Hall–Kier alpha value is -2.09. The molecular formula is C13H17N5O2S. The monoisotopic (exact) mass is 307 g/mol. The van der Waals surface area contributed by atoms with Crippen LogP contribution in [0.15, 0.2) is 29.4 Å². The lowest BCUT2D eigenvalue weighted by atomic mass is 10.0. The molecule has 0 saturated heterocycles. The number of rotatable bonds is 3. The third kappa shape index (κ3) is 2.35. The Balaban J connectivity index is 2.18. The number of pyridine rings is 1. The normalized spacial score (nSPS) is 17.9. The lowest BCUT2D eigenvalue weighted by molar-refractivity contribution is 0.481. The van der Waals surface area contributed by atoms with Gasteiger partial charge in [0.05, 0.1) is 6.04 Å². The first-order valence-corrected chi connectivity index (χ1v) is 8.55. The molecule has 2 aromatic rings. The van der Waals surface area contributed by atoms with Gasteiger partial charge in [-0.1, -0.05) is 0 Å². The van der Waals surface area contributed by atoms with Crippen LogP contribution in [0.5, 0.6) is 0 Å². The van der Waals surface area contributed by atoms with Crippen LogP contribution in [0, 0.1) is 0 Å². The summed E-state index contributed by atoms with van der Waals surface area (Å²) in [4.78, 5) is 4.25. The Bertz CT molecular complexity index is 754. The number of fused-ring (bicyclic) bond motifs is 1. The summed E-state index contributed by atoms with van der Waals surface area (Å²) >= 11 is 0. The number of sulfone groups is 1. The van der Waals surface area contributed by atoms with E-state index in [9.17, 15) is 8.42 Å². The highest BCUT2D eigenvalue weighted by atomic mass is 32.2. The zero-order valence-electron chi connectivity index (χ0n) is 11.9. The molecule has 0 aromatic carbocycles. The largest absolute Gasteiger partial charge is 0.371 e. The van der Waals surface area contributed by atoms with E-state index in [0.29, 0.717) is 18.2 Å². The number of hydrogen-bond donors (Lipinski definition) is 2. The van der Waals surface area contributed by atoms with Crippen LogP contribution in [0.1, 0.15) is 18.0 Å². The fourth-order valence-corrected chi connectivity index (χ4v) is 3.67. The second kappa shape index (κ2) is 5.03. The summed E-state index contributed by atoms with van der Waals surface area (Å²) in [6, 6.07) is 3.87. The molecule has 1 unspecified atom stereocenters. The van der Waals surface area contributed by atoms with Crippen LogP contribution in [0.4, 0.5) is 11.6 Å². The van der Waals surface area contributed by atoms with E-state index < -0.39 is 9.84 Å². The molecule has 1 aliphatic heterocycles. The van der Waals surface area contributed by atoms with Crippen LogP contribution in [-0.4, -0.2) is 43.0 Å². The molecule has 7 nitrogen and oxygen atoms in total. The average molecular weight is 307 g/mol. The van der Waals surface area contributed by atoms with Gasteiger partial charge in [-0.05, 0) is 24.1 Å². The highest BCUT2D eigenvalue weighted by molar-refractivity contribution is 7.91. The molecule has 0 saturated carbocycles. The fourth-order valence-electron chi connectivity index (χ4n) is 2.66. The minimum atomic E-state index is -3.37. The Morgan fingerprint density at radius 1 is 1.38 bits per heavy atom. The Kier molecular flexibility index (Phi) is 3.32. The molecule has 0 amide bonds. The minimum absolute atomic E-state index is 0.00634. The molecule has 8 heteroatoms. The first kappa shape index (κ1) is 13.9. The number of hydrogen-bond acceptors (Lipinski definition) is 6. The Morgan fingerprint density at radius 2 is 2.10 bits per heavy atom. The standard InChI is InChI=1S/C13H17N5O2S/c1-14-12-11(21(2,19)20)13-16-8-5-10(18(13)17-12)9-3-6-15-7-4-9/h3-4,6-7,10,16H,5,8H2,1-2H3,(H,14,17). The smallest absolute Gasteiger partial charge is 0.182 e. The zero-order chi connectivity index (χ0) is 15.0. The topological polar surface area (TPSA) is 88.9 Å². The van der Waals surface area contributed by atoms with E-state index in [1.165, 1.54) is 6.26 Å². The Morgan fingerprint density at radius 3 is 2.71 bits per heavy atom. The summed E-state index contributed by atoms with van der Waals surface area (Å²) in [6.45, 7) is 0.699. The van der Waals surface area contributed by atoms with E-state index >= 15 is 0 Å². The van der Waals surface area contributed by atoms with Gasteiger partial charge in [0.15, 0.2) is 20.6 Å². The van der Waals surface area contributed by atoms with Crippen LogP contribution in [0.2, 0.25) is 0 Å². The van der Waals surface area contributed by atoms with Gasteiger partial charge in [-0.25, -0.2) is 13.1 Å². The Labute approximate surface area is 123 Å². The molecule has 112 valence electrons. The van der Waals surface area contributed by atoms with Crippen molar-refractivity contribution < 1.29 is 8.42 Å². The highest BCUT2D eigenvalue weighted by Crippen LogP contribution is 2.37. The van der Waals surface area contributed by atoms with Gasteiger partial charge in [-0.2, -0.15) is 5.10 Å². The van der Waals surface area contributed by atoms with Crippen molar-refractivity contribution in [1.82, 2.24) is 14.8 Å². The molecule has 0 fully saturated rings. The van der Waals surface area contributed by atoms with Crippen molar-refractivity contribution in [2.24, 2.45) is 0 Å². The predicted octanol–water partition coefficient (Wildman–Crippen LogP) is 1.13. The van der Waals surface area contributed by atoms with Crippen molar-refractivity contribution in [2.45, 2.75) is 17.4 Å². The molecule has 1 aliphatic rings. The van der Waals surface area contributed by atoms with E-state index in [4.69, 9.17) is 0 Å². The molecule has 2 N–H and O–H groups in total. The van der Waals surface area contributed by atoms with Crippen molar-refractivity contribution in [2.75, 3.05) is 30.5 Å². The molecule has 0 aliphatic carbocycles. The predicted molar refractivity (Wildman–Crippen MR) is 80.4 cm³/mol. The quantitative estimate of drug-likeness (QED) is 0.883. The van der Waals surface area contributed by atoms with Crippen molar-refractivity contribution >= 4 is 21.5 Å². The number of aromatic nitrogens is 3. The third-order valence-electron chi connectivity index (χ3n) is 3.57. The molecule has 3 rings (SSSR count). The first-order chi connectivity index (χ1) is 10.0. The summed E-state index contributed by atoms with van der Waals surface area (Å²) < 4.78 is 25.8. The van der Waals surface area contributed by atoms with Crippen molar-refractivity contribution in [3.63, 3.8) is 0 Å². The van der Waals surface area contributed by atoms with Gasteiger partial charge in [0, 0.05) is 32.2 Å². The SMILES string of the molecule is CNc1nn2c(c1S(C)(=O)=O)NCCC2c1ccncc1. The summed E-state index contributed by atoms with van der Waals surface area (Å²) in [5.74, 6) is 0.927. The number of nitrogens with zero attached hydrogens (tertiary/aromatic N) is 3. The summed E-state index contributed by atoms with van der Waals surface area (Å²) in [5, 5.41) is 10.5. The molecule has 3 heterocycles. The zero-order valence-corrected chi connectivity index (χ0v) is 12.7. The van der Waals surface area contributed by atoms with Gasteiger partial charge < -0.3 is 10.6 Å². The van der Waals surface area contributed by atoms with E-state index in [0.717, 1.165) is 12.0 Å². The van der Waals surface area contributed by atoms with Crippen LogP contribution < -0.4 is 10.6 Å². The fraction of sp³-hybridized carbons (Fsp3) is 0.385. The van der Waals surface area contributed by atoms with Crippen LogP contribution >= 0.6 is 0 Å². The summed E-state index contributed by atoms with van der Waals surface area (Å²) in [7, 11) is -1.70. The lowest BCUT2D eigenvalue weighted by Crippen LogP contribution is -2.25. The second-order valence-corrected chi connectivity index (χ2v) is 6.96. The average Bonchev–Trinajstić information content (AvgIpc) is 2.86. The van der Waals surface area contributed by atoms with Crippen LogP contribution in [-0.2, 0) is 9.84 Å². The van der Waals surface area contributed by atoms with Crippen LogP contribution in [0.3, 0.4) is 0 Å². The molecule has 21 heavy (non-hydrogen) atoms. The van der Waals surface area contributed by atoms with Gasteiger partial charge in [0.25, 0.3) is 0 Å². The summed E-state index contributed by atoms with van der Waals surface area (Å²) in [5.41, 5.74) is 1.07. The van der Waals surface area contributed by atoms with Gasteiger partial charge in [0.2, 0.25) is 0 Å². The van der Waals surface area contributed by atoms with Gasteiger partial charge >= 0.3 is 0 Å². The summed E-state index contributed by atoms with van der Waals surface area (Å²) in [6.07, 6.45) is 5.50. The maximum atomic E-state index is 12.0. The second-order valence-electron chi connectivity index (χ2n) is 5.00. The van der Waals surface area contributed by atoms with E-state index in [1.807, 2.05) is 12.1 Å². The van der Waals surface area contributed by atoms with E-state index in [2.05, 4.69) is 20.7 Å². The molecule has 1 atom stereocenters. The maximum absolute atomic E-state index is 12.0. The van der Waals surface area contributed by atoms with Gasteiger partial charge in [-0.3, -0.25) is 4.98 Å². The van der Waals surface area contributed by atoms with E-state index in [1.54, 1.807) is 24.1 Å². The van der Waals surface area contributed by atoms with Gasteiger partial charge in [0.1, 0.15) is 5.82 Å². The molecule has 0 spiro atoms. The third-order valence-corrected chi connectivity index (χ3v) is 4.70. The molecular weight excluding hydrogens is 290 g/mol. The number of anilines is 2. The number of nitrogens with one attached hydrogen (secondary N) is 2. The van der Waals surface area contributed by atoms with Gasteiger partial charge in [-0.15, -0.1) is 0 Å². The van der Waals surface area contributed by atoms with Crippen molar-refractivity contribution in [1.29, 1.82) is 0 Å². The first-order valence-electron chi connectivity index (χ1n) is 6.66. The van der Waals surface area contributed by atoms with Crippen molar-refractivity contribution in [3.05, 3.63) is 30.1 Å².